The third-order valence-corrected chi connectivity index (χ3v) is 2.20. The molecule has 0 bridgehead atoms. The number of nitrogens with zero attached hydrogens (tertiary/aromatic N) is 5. The summed E-state index contributed by atoms with van der Waals surface area (Å²) in [6.07, 6.45) is 4.07. The van der Waals surface area contributed by atoms with E-state index >= 15 is 0 Å². The van der Waals surface area contributed by atoms with Crippen LogP contribution in [0.25, 0.3) is 0 Å². The SMILES string of the molecule is CCOc1ccnc(NCCc2ncn(C)n2)n1. The monoisotopic (exact) mass is 248 g/mol. The van der Waals surface area contributed by atoms with Crippen molar-refractivity contribution in [2.24, 2.45) is 7.05 Å². The van der Waals surface area contributed by atoms with Crippen molar-refractivity contribution in [2.45, 2.75) is 13.3 Å². The average Bonchev–Trinajstić information content (AvgIpc) is 2.76. The van der Waals surface area contributed by atoms with E-state index in [2.05, 4.69) is 25.4 Å². The van der Waals surface area contributed by atoms with Gasteiger partial charge in [0, 0.05) is 32.3 Å². The van der Waals surface area contributed by atoms with Crippen LogP contribution in [-0.4, -0.2) is 37.9 Å². The van der Waals surface area contributed by atoms with Crippen molar-refractivity contribution in [3.8, 4) is 5.88 Å². The summed E-state index contributed by atoms with van der Waals surface area (Å²) in [5.41, 5.74) is 0. The Hall–Kier alpha value is -2.18. The van der Waals surface area contributed by atoms with E-state index in [4.69, 9.17) is 4.74 Å². The lowest BCUT2D eigenvalue weighted by Gasteiger charge is -2.05. The zero-order valence-corrected chi connectivity index (χ0v) is 10.5. The largest absolute Gasteiger partial charge is 0.478 e. The molecule has 0 aliphatic rings. The number of anilines is 1. The van der Waals surface area contributed by atoms with Gasteiger partial charge < -0.3 is 10.1 Å². The lowest BCUT2D eigenvalue weighted by atomic mass is 10.4. The zero-order chi connectivity index (χ0) is 12.8. The Morgan fingerprint density at radius 3 is 3.00 bits per heavy atom. The predicted molar refractivity (Wildman–Crippen MR) is 66.4 cm³/mol. The Morgan fingerprint density at radius 1 is 1.39 bits per heavy atom. The molecule has 7 heteroatoms. The van der Waals surface area contributed by atoms with Gasteiger partial charge >= 0.3 is 0 Å². The summed E-state index contributed by atoms with van der Waals surface area (Å²) in [6.45, 7) is 3.19. The number of aryl methyl sites for hydroxylation is 1. The molecule has 0 saturated carbocycles. The van der Waals surface area contributed by atoms with Gasteiger partial charge in [-0.15, -0.1) is 0 Å². The zero-order valence-electron chi connectivity index (χ0n) is 10.5. The van der Waals surface area contributed by atoms with Gasteiger partial charge in [-0.05, 0) is 6.92 Å². The van der Waals surface area contributed by atoms with Crippen molar-refractivity contribution in [3.63, 3.8) is 0 Å². The van der Waals surface area contributed by atoms with Crippen molar-refractivity contribution in [1.82, 2.24) is 24.7 Å². The number of nitrogens with one attached hydrogen (secondary N) is 1. The third kappa shape index (κ3) is 3.41. The third-order valence-electron chi connectivity index (χ3n) is 2.20. The molecular weight excluding hydrogens is 232 g/mol. The van der Waals surface area contributed by atoms with E-state index in [9.17, 15) is 0 Å². The van der Waals surface area contributed by atoms with E-state index < -0.39 is 0 Å². The van der Waals surface area contributed by atoms with Gasteiger partial charge in [-0.25, -0.2) is 9.97 Å². The summed E-state index contributed by atoms with van der Waals surface area (Å²) in [7, 11) is 1.85. The van der Waals surface area contributed by atoms with Crippen LogP contribution in [0.4, 0.5) is 5.95 Å². The minimum absolute atomic E-state index is 0.553. The molecule has 0 atom stereocenters. The van der Waals surface area contributed by atoms with Gasteiger partial charge in [0.25, 0.3) is 0 Å². The highest BCUT2D eigenvalue weighted by Gasteiger charge is 2.01. The second-order valence-electron chi connectivity index (χ2n) is 3.66. The Balaban J connectivity index is 1.84. The number of hydrogen-bond donors (Lipinski definition) is 1. The molecule has 0 aliphatic carbocycles. The van der Waals surface area contributed by atoms with Crippen LogP contribution < -0.4 is 10.1 Å². The van der Waals surface area contributed by atoms with Crippen molar-refractivity contribution in [1.29, 1.82) is 0 Å². The highest BCUT2D eigenvalue weighted by molar-refractivity contribution is 5.27. The van der Waals surface area contributed by atoms with E-state index in [0.29, 0.717) is 25.0 Å². The molecule has 18 heavy (non-hydrogen) atoms. The summed E-state index contributed by atoms with van der Waals surface area (Å²) >= 11 is 0. The van der Waals surface area contributed by atoms with Gasteiger partial charge in [-0.3, -0.25) is 4.68 Å². The molecule has 2 aromatic rings. The first kappa shape index (κ1) is 12.3. The van der Waals surface area contributed by atoms with Gasteiger partial charge in [-0.2, -0.15) is 10.1 Å². The molecule has 2 aromatic heterocycles. The summed E-state index contributed by atoms with van der Waals surface area (Å²) in [4.78, 5) is 12.5. The van der Waals surface area contributed by atoms with Crippen LogP contribution in [0.3, 0.4) is 0 Å². The topological polar surface area (TPSA) is 77.8 Å². The van der Waals surface area contributed by atoms with E-state index in [1.807, 2.05) is 14.0 Å². The maximum absolute atomic E-state index is 5.30. The van der Waals surface area contributed by atoms with Crippen LogP contribution in [0.1, 0.15) is 12.7 Å². The number of aromatic nitrogens is 5. The number of hydrogen-bond acceptors (Lipinski definition) is 6. The molecule has 1 N–H and O–H groups in total. The molecule has 0 aromatic carbocycles. The smallest absolute Gasteiger partial charge is 0.225 e. The second kappa shape index (κ2) is 5.95. The van der Waals surface area contributed by atoms with E-state index in [0.717, 1.165) is 12.2 Å². The highest BCUT2D eigenvalue weighted by Crippen LogP contribution is 2.07. The minimum Gasteiger partial charge on any atom is -0.478 e. The van der Waals surface area contributed by atoms with Gasteiger partial charge in [0.15, 0.2) is 5.82 Å². The summed E-state index contributed by atoms with van der Waals surface area (Å²) in [5.74, 6) is 1.92. The Labute approximate surface area is 105 Å². The predicted octanol–water partition coefficient (Wildman–Crippen LogP) is 0.658. The molecular formula is C11H16N6O. The summed E-state index contributed by atoms with van der Waals surface area (Å²) < 4.78 is 6.98. The van der Waals surface area contributed by atoms with E-state index in [1.165, 1.54) is 0 Å². The molecule has 0 unspecified atom stereocenters. The summed E-state index contributed by atoms with van der Waals surface area (Å²) in [5, 5.41) is 7.30. The van der Waals surface area contributed by atoms with E-state index in [1.54, 1.807) is 23.3 Å². The van der Waals surface area contributed by atoms with Crippen LogP contribution in [0.15, 0.2) is 18.6 Å². The Kier molecular flexibility index (Phi) is 4.06. The quantitative estimate of drug-likeness (QED) is 0.809. The van der Waals surface area contributed by atoms with Crippen LogP contribution in [-0.2, 0) is 13.5 Å². The molecule has 96 valence electrons. The average molecular weight is 248 g/mol. The van der Waals surface area contributed by atoms with Crippen LogP contribution >= 0.6 is 0 Å². The fourth-order valence-corrected chi connectivity index (χ4v) is 1.44. The lowest BCUT2D eigenvalue weighted by molar-refractivity contribution is 0.326. The number of rotatable bonds is 6. The van der Waals surface area contributed by atoms with Crippen molar-refractivity contribution in [3.05, 3.63) is 24.4 Å². The first-order valence-corrected chi connectivity index (χ1v) is 5.82. The van der Waals surface area contributed by atoms with Gasteiger partial charge in [0.05, 0.1) is 6.61 Å². The van der Waals surface area contributed by atoms with Crippen molar-refractivity contribution in [2.75, 3.05) is 18.5 Å². The van der Waals surface area contributed by atoms with Crippen molar-refractivity contribution < 1.29 is 4.74 Å². The highest BCUT2D eigenvalue weighted by atomic mass is 16.5. The second-order valence-corrected chi connectivity index (χ2v) is 3.66. The van der Waals surface area contributed by atoms with Crippen molar-refractivity contribution >= 4 is 5.95 Å². The van der Waals surface area contributed by atoms with Crippen LogP contribution in [0.2, 0.25) is 0 Å². The normalized spacial score (nSPS) is 10.3. The molecule has 0 fully saturated rings. The van der Waals surface area contributed by atoms with Gasteiger partial charge in [-0.1, -0.05) is 0 Å². The first-order valence-electron chi connectivity index (χ1n) is 5.82. The van der Waals surface area contributed by atoms with Gasteiger partial charge in [0.1, 0.15) is 6.33 Å². The fraction of sp³-hybridized carbons (Fsp3) is 0.455. The maximum atomic E-state index is 5.30. The fourth-order valence-electron chi connectivity index (χ4n) is 1.44. The van der Waals surface area contributed by atoms with Gasteiger partial charge in [0.2, 0.25) is 11.8 Å². The standard InChI is InChI=1S/C11H16N6O/c1-3-18-10-5-7-13-11(15-10)12-6-4-9-14-8-17(2)16-9/h5,7-8H,3-4,6H2,1-2H3,(H,12,13,15). The maximum Gasteiger partial charge on any atom is 0.225 e. The lowest BCUT2D eigenvalue weighted by Crippen LogP contribution is -2.09. The molecule has 0 amide bonds. The molecule has 0 saturated heterocycles. The van der Waals surface area contributed by atoms with Crippen LogP contribution in [0, 0.1) is 0 Å². The molecule has 2 heterocycles. The molecule has 0 spiro atoms. The Morgan fingerprint density at radius 2 is 2.28 bits per heavy atom. The van der Waals surface area contributed by atoms with Crippen LogP contribution in [0.5, 0.6) is 5.88 Å². The molecule has 0 aliphatic heterocycles. The van der Waals surface area contributed by atoms with E-state index in [-0.39, 0.29) is 0 Å². The Bertz CT molecular complexity index is 498. The first-order chi connectivity index (χ1) is 8.78. The molecule has 7 nitrogen and oxygen atoms in total. The number of ether oxygens (including phenoxy) is 1. The molecule has 0 radical (unpaired) electrons. The summed E-state index contributed by atoms with van der Waals surface area (Å²) in [6, 6.07) is 1.73. The minimum atomic E-state index is 0.553. The molecule has 2 rings (SSSR count).